The Balaban J connectivity index is 2.31. The van der Waals surface area contributed by atoms with Crippen LogP contribution >= 0.6 is 0 Å². The Kier molecular flexibility index (Phi) is 5.60. The van der Waals surface area contributed by atoms with Crippen molar-refractivity contribution >= 4 is 5.91 Å². The zero-order valence-electron chi connectivity index (χ0n) is 12.2. The highest BCUT2D eigenvalue weighted by molar-refractivity contribution is 5.76. The van der Waals surface area contributed by atoms with Gasteiger partial charge < -0.3 is 15.8 Å². The normalized spacial score (nSPS) is 26.1. The second-order valence-electron chi connectivity index (χ2n) is 6.20. The van der Waals surface area contributed by atoms with Gasteiger partial charge in [0, 0.05) is 25.6 Å². The van der Waals surface area contributed by atoms with Gasteiger partial charge in [-0.2, -0.15) is 0 Å². The van der Waals surface area contributed by atoms with Gasteiger partial charge in [-0.15, -0.1) is 0 Å². The zero-order chi connectivity index (χ0) is 13.8. The second kappa shape index (κ2) is 6.53. The van der Waals surface area contributed by atoms with Crippen LogP contribution < -0.4 is 11.1 Å². The maximum absolute atomic E-state index is 11.9. The first-order chi connectivity index (χ1) is 8.34. The molecule has 0 aromatic heterocycles. The predicted molar refractivity (Wildman–Crippen MR) is 73.2 cm³/mol. The van der Waals surface area contributed by atoms with Crippen molar-refractivity contribution in [3.05, 3.63) is 0 Å². The third kappa shape index (κ3) is 4.94. The SMILES string of the molecule is COC(C)(C)CC(C)NC(=O)C[C@@H]1CCC[C@H]1N. The van der Waals surface area contributed by atoms with Crippen LogP contribution in [-0.2, 0) is 9.53 Å². The number of methoxy groups -OCH3 is 1. The molecule has 0 aromatic carbocycles. The number of rotatable bonds is 6. The van der Waals surface area contributed by atoms with Crippen molar-refractivity contribution in [1.82, 2.24) is 5.32 Å². The fourth-order valence-corrected chi connectivity index (χ4v) is 2.76. The lowest BCUT2D eigenvalue weighted by atomic mass is 9.97. The number of carbonyl (C=O) groups excluding carboxylic acids is 1. The van der Waals surface area contributed by atoms with Gasteiger partial charge in [0.15, 0.2) is 0 Å². The molecule has 0 saturated heterocycles. The summed E-state index contributed by atoms with van der Waals surface area (Å²) in [6, 6.07) is 0.339. The lowest BCUT2D eigenvalue weighted by Gasteiger charge is -2.27. The first-order valence-electron chi connectivity index (χ1n) is 6.94. The quantitative estimate of drug-likeness (QED) is 0.762. The average Bonchev–Trinajstić information content (AvgIpc) is 2.63. The Bertz CT molecular complexity index is 279. The van der Waals surface area contributed by atoms with E-state index in [1.54, 1.807) is 7.11 Å². The van der Waals surface area contributed by atoms with Crippen LogP contribution in [0.25, 0.3) is 0 Å². The summed E-state index contributed by atoms with van der Waals surface area (Å²) in [6.45, 7) is 6.08. The van der Waals surface area contributed by atoms with Gasteiger partial charge in [0.25, 0.3) is 0 Å². The summed E-state index contributed by atoms with van der Waals surface area (Å²) in [5.41, 5.74) is 5.78. The topological polar surface area (TPSA) is 64.3 Å². The van der Waals surface area contributed by atoms with E-state index in [1.165, 1.54) is 0 Å². The van der Waals surface area contributed by atoms with E-state index in [0.29, 0.717) is 12.3 Å². The molecule has 4 heteroatoms. The molecule has 0 bridgehead atoms. The molecule has 0 heterocycles. The molecule has 1 fully saturated rings. The smallest absolute Gasteiger partial charge is 0.220 e. The Hall–Kier alpha value is -0.610. The third-order valence-electron chi connectivity index (χ3n) is 3.92. The van der Waals surface area contributed by atoms with Crippen LogP contribution in [0, 0.1) is 5.92 Å². The minimum absolute atomic E-state index is 0.122. The van der Waals surface area contributed by atoms with Gasteiger partial charge in [0.05, 0.1) is 5.60 Å². The Morgan fingerprint density at radius 2 is 2.17 bits per heavy atom. The van der Waals surface area contributed by atoms with E-state index < -0.39 is 0 Å². The fourth-order valence-electron chi connectivity index (χ4n) is 2.76. The minimum atomic E-state index is -0.198. The monoisotopic (exact) mass is 256 g/mol. The number of hydrogen-bond acceptors (Lipinski definition) is 3. The van der Waals surface area contributed by atoms with E-state index in [2.05, 4.69) is 5.32 Å². The molecule has 106 valence electrons. The third-order valence-corrected chi connectivity index (χ3v) is 3.92. The van der Waals surface area contributed by atoms with Gasteiger partial charge in [-0.05, 0) is 46.0 Å². The molecule has 3 N–H and O–H groups in total. The van der Waals surface area contributed by atoms with Gasteiger partial charge in [-0.1, -0.05) is 6.42 Å². The first kappa shape index (κ1) is 15.4. The van der Waals surface area contributed by atoms with Gasteiger partial charge in [-0.25, -0.2) is 0 Å². The van der Waals surface area contributed by atoms with Crippen LogP contribution in [0.1, 0.15) is 52.9 Å². The first-order valence-corrected chi connectivity index (χ1v) is 6.94. The fraction of sp³-hybridized carbons (Fsp3) is 0.929. The van der Waals surface area contributed by atoms with E-state index >= 15 is 0 Å². The van der Waals surface area contributed by atoms with E-state index in [9.17, 15) is 4.79 Å². The molecule has 1 aliphatic carbocycles. The van der Waals surface area contributed by atoms with Crippen molar-refractivity contribution in [3.63, 3.8) is 0 Å². The zero-order valence-corrected chi connectivity index (χ0v) is 12.2. The Labute approximate surface area is 111 Å². The molecule has 3 atom stereocenters. The Morgan fingerprint density at radius 3 is 2.67 bits per heavy atom. The molecular weight excluding hydrogens is 228 g/mol. The van der Waals surface area contributed by atoms with Crippen molar-refractivity contribution in [1.29, 1.82) is 0 Å². The molecule has 0 radical (unpaired) electrons. The summed E-state index contributed by atoms with van der Waals surface area (Å²) >= 11 is 0. The standard InChI is InChI=1S/C14H28N2O2/c1-10(9-14(2,3)18-4)16-13(17)8-11-6-5-7-12(11)15/h10-12H,5-9,15H2,1-4H3,(H,16,17)/t10?,11-,12+/m0/s1. The summed E-state index contributed by atoms with van der Waals surface area (Å²) < 4.78 is 5.37. The van der Waals surface area contributed by atoms with Crippen molar-refractivity contribution in [2.45, 2.75) is 70.6 Å². The lowest BCUT2D eigenvalue weighted by molar-refractivity contribution is -0.123. The summed E-state index contributed by atoms with van der Waals surface area (Å²) in [5, 5.41) is 3.04. The maximum atomic E-state index is 11.9. The maximum Gasteiger partial charge on any atom is 0.220 e. The number of nitrogens with one attached hydrogen (secondary N) is 1. The largest absolute Gasteiger partial charge is 0.379 e. The van der Waals surface area contributed by atoms with Crippen LogP contribution in [0.15, 0.2) is 0 Å². The van der Waals surface area contributed by atoms with Gasteiger partial charge in [0.2, 0.25) is 5.91 Å². The van der Waals surface area contributed by atoms with Crippen LogP contribution in [0.2, 0.25) is 0 Å². The van der Waals surface area contributed by atoms with Gasteiger partial charge in [0.1, 0.15) is 0 Å². The highest BCUT2D eigenvalue weighted by Crippen LogP contribution is 2.26. The van der Waals surface area contributed by atoms with E-state index in [-0.39, 0.29) is 23.6 Å². The molecule has 18 heavy (non-hydrogen) atoms. The van der Waals surface area contributed by atoms with Crippen molar-refractivity contribution in [2.24, 2.45) is 11.7 Å². The summed E-state index contributed by atoms with van der Waals surface area (Å²) in [7, 11) is 1.70. The van der Waals surface area contributed by atoms with Crippen LogP contribution in [0.3, 0.4) is 0 Å². The molecule has 4 nitrogen and oxygen atoms in total. The molecule has 0 aromatic rings. The van der Waals surface area contributed by atoms with E-state index in [0.717, 1.165) is 25.7 Å². The molecule has 0 aliphatic heterocycles. The summed E-state index contributed by atoms with van der Waals surface area (Å²) in [6.07, 6.45) is 4.69. The second-order valence-corrected chi connectivity index (χ2v) is 6.20. The van der Waals surface area contributed by atoms with E-state index in [1.807, 2.05) is 20.8 Å². The summed E-state index contributed by atoms with van der Waals surface area (Å²) in [4.78, 5) is 11.9. The van der Waals surface area contributed by atoms with Gasteiger partial charge in [-0.3, -0.25) is 4.79 Å². The lowest BCUT2D eigenvalue weighted by Crippen LogP contribution is -2.40. The van der Waals surface area contributed by atoms with Crippen LogP contribution in [0.4, 0.5) is 0 Å². The summed E-state index contributed by atoms with van der Waals surface area (Å²) in [5.74, 6) is 0.490. The molecule has 1 unspecified atom stereocenters. The van der Waals surface area contributed by atoms with Crippen molar-refractivity contribution in [3.8, 4) is 0 Å². The number of amides is 1. The predicted octanol–water partition coefficient (Wildman–Crippen LogP) is 1.82. The van der Waals surface area contributed by atoms with E-state index in [4.69, 9.17) is 10.5 Å². The molecule has 1 aliphatic rings. The minimum Gasteiger partial charge on any atom is -0.379 e. The molecule has 1 saturated carbocycles. The Morgan fingerprint density at radius 1 is 1.50 bits per heavy atom. The molecule has 0 spiro atoms. The van der Waals surface area contributed by atoms with Gasteiger partial charge >= 0.3 is 0 Å². The number of ether oxygens (including phenoxy) is 1. The molecular formula is C14H28N2O2. The molecule has 1 rings (SSSR count). The van der Waals surface area contributed by atoms with Crippen LogP contribution in [0.5, 0.6) is 0 Å². The average molecular weight is 256 g/mol. The van der Waals surface area contributed by atoms with Crippen LogP contribution in [-0.4, -0.2) is 30.7 Å². The van der Waals surface area contributed by atoms with Crippen molar-refractivity contribution in [2.75, 3.05) is 7.11 Å². The van der Waals surface area contributed by atoms with Crippen molar-refractivity contribution < 1.29 is 9.53 Å². The highest BCUT2D eigenvalue weighted by Gasteiger charge is 2.27. The highest BCUT2D eigenvalue weighted by atomic mass is 16.5. The number of hydrogen-bond donors (Lipinski definition) is 2. The number of nitrogens with two attached hydrogens (primary N) is 1. The molecule has 1 amide bonds. The number of carbonyl (C=O) groups is 1.